The Morgan fingerprint density at radius 3 is 2.23 bits per heavy atom. The number of carbonyl (C=O) groups excluding carboxylic acids is 3. The van der Waals surface area contributed by atoms with E-state index < -0.39 is 40.7 Å². The number of Topliss-reactive ketones (excluding diaryl/α,β-unsaturated/α-hetero) is 1. The Kier molecular flexibility index (Phi) is 6.87. The standard InChI is InChI=1S/C23H28O7/c1-12(2)6-9-18(30-19(27)11-23(5,29)13(3)4)14-10-17(26)20-15(24)7-8-16(25)21(20)22(14)28/h6-8,10,13,18,24-25,29H,9,11H2,1-5H3/t18-,23?/m1/s1. The molecular formula is C23H28O7. The number of allylic oxidation sites excluding steroid dienone is 2. The number of benzene rings is 1. The lowest BCUT2D eigenvalue weighted by molar-refractivity contribution is -0.153. The highest BCUT2D eigenvalue weighted by atomic mass is 16.5. The molecule has 2 atom stereocenters. The molecule has 162 valence electrons. The summed E-state index contributed by atoms with van der Waals surface area (Å²) in [4.78, 5) is 38.1. The maximum Gasteiger partial charge on any atom is 0.309 e. The number of rotatable bonds is 7. The summed E-state index contributed by atoms with van der Waals surface area (Å²) in [5.41, 5.74) is -1.07. The van der Waals surface area contributed by atoms with Crippen LogP contribution in [0.5, 0.6) is 11.5 Å². The smallest absolute Gasteiger partial charge is 0.309 e. The van der Waals surface area contributed by atoms with Crippen molar-refractivity contribution in [2.24, 2.45) is 5.92 Å². The second kappa shape index (κ2) is 8.83. The maximum atomic E-state index is 13.0. The van der Waals surface area contributed by atoms with Crippen LogP contribution >= 0.6 is 0 Å². The fourth-order valence-electron chi connectivity index (χ4n) is 3.00. The van der Waals surface area contributed by atoms with E-state index in [9.17, 15) is 29.7 Å². The molecule has 0 aliphatic heterocycles. The van der Waals surface area contributed by atoms with E-state index >= 15 is 0 Å². The number of hydrogen-bond donors (Lipinski definition) is 3. The minimum atomic E-state index is -1.30. The number of carbonyl (C=O) groups is 3. The molecule has 7 nitrogen and oxygen atoms in total. The van der Waals surface area contributed by atoms with Crippen molar-refractivity contribution in [3.05, 3.63) is 46.6 Å². The Balaban J connectivity index is 2.41. The molecule has 7 heteroatoms. The number of ether oxygens (including phenoxy) is 1. The van der Waals surface area contributed by atoms with Gasteiger partial charge in [0.25, 0.3) is 0 Å². The predicted octanol–water partition coefficient (Wildman–Crippen LogP) is 3.47. The molecule has 1 aliphatic rings. The van der Waals surface area contributed by atoms with Crippen LogP contribution in [-0.4, -0.2) is 44.6 Å². The molecule has 0 saturated heterocycles. The first-order chi connectivity index (χ1) is 13.8. The lowest BCUT2D eigenvalue weighted by atomic mass is 9.85. The van der Waals surface area contributed by atoms with E-state index in [4.69, 9.17) is 4.74 Å². The molecular weight excluding hydrogens is 388 g/mol. The molecule has 1 aliphatic carbocycles. The molecule has 0 heterocycles. The minimum absolute atomic E-state index is 0.0940. The largest absolute Gasteiger partial charge is 0.507 e. The Bertz CT molecular complexity index is 931. The van der Waals surface area contributed by atoms with Crippen LogP contribution in [0.4, 0.5) is 0 Å². The van der Waals surface area contributed by atoms with Gasteiger partial charge in [-0.1, -0.05) is 25.5 Å². The molecule has 0 bridgehead atoms. The highest BCUT2D eigenvalue weighted by Crippen LogP contribution is 2.36. The van der Waals surface area contributed by atoms with E-state index in [-0.39, 0.29) is 35.5 Å². The van der Waals surface area contributed by atoms with Crippen LogP contribution in [0.15, 0.2) is 35.4 Å². The molecule has 30 heavy (non-hydrogen) atoms. The molecule has 2 rings (SSSR count). The van der Waals surface area contributed by atoms with Gasteiger partial charge in [0.05, 0.1) is 23.1 Å². The van der Waals surface area contributed by atoms with Crippen LogP contribution in [0.1, 0.15) is 68.2 Å². The molecule has 0 amide bonds. The van der Waals surface area contributed by atoms with Crippen molar-refractivity contribution < 1.29 is 34.4 Å². The lowest BCUT2D eigenvalue weighted by Crippen LogP contribution is -2.36. The van der Waals surface area contributed by atoms with Crippen LogP contribution in [0.25, 0.3) is 0 Å². The molecule has 1 aromatic carbocycles. The zero-order chi connectivity index (χ0) is 22.8. The first-order valence-electron chi connectivity index (χ1n) is 9.76. The summed E-state index contributed by atoms with van der Waals surface area (Å²) in [5.74, 6) is -3.14. The van der Waals surface area contributed by atoms with E-state index in [1.54, 1.807) is 19.9 Å². The number of hydrogen-bond acceptors (Lipinski definition) is 7. The van der Waals surface area contributed by atoms with Gasteiger partial charge < -0.3 is 20.1 Å². The third-order valence-electron chi connectivity index (χ3n) is 5.29. The quantitative estimate of drug-likeness (QED) is 0.353. The number of fused-ring (bicyclic) bond motifs is 1. The highest BCUT2D eigenvalue weighted by Gasteiger charge is 2.37. The van der Waals surface area contributed by atoms with Gasteiger partial charge in [-0.25, -0.2) is 0 Å². The van der Waals surface area contributed by atoms with Crippen LogP contribution in [0, 0.1) is 5.92 Å². The highest BCUT2D eigenvalue weighted by molar-refractivity contribution is 6.27. The van der Waals surface area contributed by atoms with E-state index in [0.717, 1.165) is 23.8 Å². The lowest BCUT2D eigenvalue weighted by Gasteiger charge is -2.28. The van der Waals surface area contributed by atoms with Gasteiger partial charge in [-0.2, -0.15) is 0 Å². The zero-order valence-electron chi connectivity index (χ0n) is 17.9. The van der Waals surface area contributed by atoms with E-state index in [2.05, 4.69) is 0 Å². The number of esters is 1. The van der Waals surface area contributed by atoms with Crippen LogP contribution < -0.4 is 0 Å². The molecule has 3 N–H and O–H groups in total. The van der Waals surface area contributed by atoms with Crippen molar-refractivity contribution in [3.8, 4) is 11.5 Å². The van der Waals surface area contributed by atoms with Crippen LogP contribution in [0.3, 0.4) is 0 Å². The van der Waals surface area contributed by atoms with Gasteiger partial charge in [-0.05, 0) is 44.9 Å². The average Bonchev–Trinajstić information content (AvgIpc) is 2.62. The summed E-state index contributed by atoms with van der Waals surface area (Å²) in [6, 6.07) is 2.26. The van der Waals surface area contributed by atoms with Gasteiger partial charge in [0.15, 0.2) is 11.6 Å². The Labute approximate surface area is 175 Å². The fourth-order valence-corrected chi connectivity index (χ4v) is 3.00. The predicted molar refractivity (Wildman–Crippen MR) is 111 cm³/mol. The van der Waals surface area contributed by atoms with E-state index in [0.29, 0.717) is 0 Å². The van der Waals surface area contributed by atoms with Crippen molar-refractivity contribution >= 4 is 17.5 Å². The Morgan fingerprint density at radius 2 is 1.70 bits per heavy atom. The van der Waals surface area contributed by atoms with Crippen LogP contribution in [0.2, 0.25) is 0 Å². The van der Waals surface area contributed by atoms with Gasteiger partial charge in [-0.15, -0.1) is 0 Å². The van der Waals surface area contributed by atoms with Gasteiger partial charge in [0.2, 0.25) is 0 Å². The number of ketones is 2. The third-order valence-corrected chi connectivity index (χ3v) is 5.29. The summed E-state index contributed by atoms with van der Waals surface area (Å²) in [6.45, 7) is 8.74. The first kappa shape index (κ1) is 23.3. The average molecular weight is 416 g/mol. The second-order valence-corrected chi connectivity index (χ2v) is 8.33. The van der Waals surface area contributed by atoms with Crippen molar-refractivity contribution in [1.29, 1.82) is 0 Å². The van der Waals surface area contributed by atoms with Crippen molar-refractivity contribution in [3.63, 3.8) is 0 Å². The van der Waals surface area contributed by atoms with E-state index in [1.165, 1.54) is 6.92 Å². The second-order valence-electron chi connectivity index (χ2n) is 8.33. The topological polar surface area (TPSA) is 121 Å². The molecule has 0 radical (unpaired) electrons. The van der Waals surface area contributed by atoms with Crippen LogP contribution in [-0.2, 0) is 9.53 Å². The minimum Gasteiger partial charge on any atom is -0.507 e. The monoisotopic (exact) mass is 416 g/mol. The SMILES string of the molecule is CC(C)=CC[C@@H](OC(=O)CC(C)(O)C(C)C)C1=CC(=O)c2c(O)ccc(O)c2C1=O. The molecule has 0 aromatic heterocycles. The summed E-state index contributed by atoms with van der Waals surface area (Å²) < 4.78 is 5.50. The third kappa shape index (κ3) is 4.97. The summed E-state index contributed by atoms with van der Waals surface area (Å²) in [5, 5.41) is 30.5. The summed E-state index contributed by atoms with van der Waals surface area (Å²) in [7, 11) is 0. The van der Waals surface area contributed by atoms with Gasteiger partial charge in [-0.3, -0.25) is 14.4 Å². The first-order valence-corrected chi connectivity index (χ1v) is 9.76. The van der Waals surface area contributed by atoms with Crippen molar-refractivity contribution in [2.45, 2.75) is 59.2 Å². The molecule has 0 fully saturated rings. The number of phenolic OH excluding ortho intramolecular Hbond substituents is 2. The molecule has 0 spiro atoms. The van der Waals surface area contributed by atoms with Crippen molar-refractivity contribution in [2.75, 3.05) is 0 Å². The number of aliphatic hydroxyl groups is 1. The fraction of sp³-hybridized carbons (Fsp3) is 0.435. The normalized spacial score (nSPS) is 16.4. The number of phenols is 2. The van der Waals surface area contributed by atoms with Gasteiger partial charge in [0, 0.05) is 12.0 Å². The zero-order valence-corrected chi connectivity index (χ0v) is 17.9. The summed E-state index contributed by atoms with van der Waals surface area (Å²) in [6.07, 6.45) is 1.56. The number of aromatic hydroxyl groups is 2. The van der Waals surface area contributed by atoms with Gasteiger partial charge >= 0.3 is 5.97 Å². The summed E-state index contributed by atoms with van der Waals surface area (Å²) >= 11 is 0. The van der Waals surface area contributed by atoms with E-state index in [1.807, 2.05) is 13.8 Å². The van der Waals surface area contributed by atoms with Crippen molar-refractivity contribution in [1.82, 2.24) is 0 Å². The maximum absolute atomic E-state index is 13.0. The molecule has 1 aromatic rings. The Hall–Kier alpha value is -2.93. The Morgan fingerprint density at radius 1 is 1.13 bits per heavy atom. The molecule has 0 saturated carbocycles. The van der Waals surface area contributed by atoms with Gasteiger partial charge in [0.1, 0.15) is 17.6 Å². The molecule has 1 unspecified atom stereocenters.